The summed E-state index contributed by atoms with van der Waals surface area (Å²) in [5.41, 5.74) is 0.953. The summed E-state index contributed by atoms with van der Waals surface area (Å²) < 4.78 is 0. The maximum Gasteiger partial charge on any atom is 0.242 e. The van der Waals surface area contributed by atoms with Gasteiger partial charge < -0.3 is 15.1 Å². The molecule has 0 aromatic carbocycles. The molecule has 6 heteroatoms. The molecule has 1 rings (SSSR count). The molecule has 6 nitrogen and oxygen atoms in total. The molecule has 0 unspecified atom stereocenters. The number of hydrogen-bond acceptors (Lipinski definition) is 5. The van der Waals surface area contributed by atoms with Crippen LogP contribution < -0.4 is 10.2 Å². The van der Waals surface area contributed by atoms with Gasteiger partial charge in [0.05, 0.1) is 6.54 Å². The number of hydrogen-bond donors (Lipinski definition) is 1. The number of aromatic nitrogens is 2. The molecule has 0 aliphatic rings. The Morgan fingerprint density at radius 3 is 2.53 bits per heavy atom. The van der Waals surface area contributed by atoms with Crippen LogP contribution >= 0.6 is 0 Å². The van der Waals surface area contributed by atoms with Gasteiger partial charge in [-0.15, -0.1) is 0 Å². The van der Waals surface area contributed by atoms with Crippen LogP contribution in [0.25, 0.3) is 0 Å². The summed E-state index contributed by atoms with van der Waals surface area (Å²) in [6, 6.07) is 0. The van der Waals surface area contributed by atoms with Gasteiger partial charge in [0.15, 0.2) is 0 Å². The monoisotopic (exact) mass is 265 g/mol. The predicted molar refractivity (Wildman–Crippen MR) is 77.5 cm³/mol. The zero-order chi connectivity index (χ0) is 14.4. The molecule has 1 amide bonds. The van der Waals surface area contributed by atoms with E-state index in [1.54, 1.807) is 13.2 Å². The number of aryl methyl sites for hydroxylation is 1. The molecule has 1 aromatic heterocycles. The van der Waals surface area contributed by atoms with Gasteiger partial charge in [-0.2, -0.15) is 4.98 Å². The lowest BCUT2D eigenvalue weighted by molar-refractivity contribution is -0.129. The summed E-state index contributed by atoms with van der Waals surface area (Å²) >= 11 is 0. The van der Waals surface area contributed by atoms with E-state index < -0.39 is 0 Å². The molecule has 106 valence electrons. The van der Waals surface area contributed by atoms with Gasteiger partial charge in [-0.3, -0.25) is 4.79 Å². The zero-order valence-corrected chi connectivity index (χ0v) is 12.4. The van der Waals surface area contributed by atoms with Crippen LogP contribution in [0.5, 0.6) is 0 Å². The van der Waals surface area contributed by atoms with E-state index in [-0.39, 0.29) is 5.91 Å². The fourth-order valence-electron chi connectivity index (χ4n) is 1.89. The first-order valence-corrected chi connectivity index (χ1v) is 6.53. The van der Waals surface area contributed by atoms with Gasteiger partial charge in [0.25, 0.3) is 0 Å². The molecule has 0 aliphatic heterocycles. The molecule has 0 saturated carbocycles. The minimum atomic E-state index is 0.108. The lowest BCUT2D eigenvalue weighted by Crippen LogP contribution is -2.39. The largest absolute Gasteiger partial charge is 0.357 e. The number of nitrogens with one attached hydrogen (secondary N) is 1. The van der Waals surface area contributed by atoms with Crippen LogP contribution in [0.1, 0.15) is 19.4 Å². The molecule has 0 bridgehead atoms. The highest BCUT2D eigenvalue weighted by atomic mass is 16.2. The molecule has 19 heavy (non-hydrogen) atoms. The molecule has 1 aromatic rings. The standard InChI is InChI=1S/C13H23N5O/c1-6-18(7-2)11(19)9-17(5)12-10(3)8-15-13(14-4)16-12/h8H,6-7,9H2,1-5H3,(H,14,15,16). The van der Waals surface area contributed by atoms with E-state index in [4.69, 9.17) is 0 Å². The predicted octanol–water partition coefficient (Wildman–Crippen LogP) is 1.13. The summed E-state index contributed by atoms with van der Waals surface area (Å²) in [5.74, 6) is 1.44. The van der Waals surface area contributed by atoms with Gasteiger partial charge in [-0.25, -0.2) is 4.98 Å². The smallest absolute Gasteiger partial charge is 0.242 e. The fourth-order valence-corrected chi connectivity index (χ4v) is 1.89. The Balaban J connectivity index is 2.83. The maximum absolute atomic E-state index is 12.1. The van der Waals surface area contributed by atoms with Crippen molar-refractivity contribution in [2.75, 3.05) is 43.9 Å². The first kappa shape index (κ1) is 15.2. The number of nitrogens with zero attached hydrogens (tertiary/aromatic N) is 4. The quantitative estimate of drug-likeness (QED) is 0.835. The van der Waals surface area contributed by atoms with Crippen molar-refractivity contribution in [1.29, 1.82) is 0 Å². The maximum atomic E-state index is 12.1. The molecular formula is C13H23N5O. The summed E-state index contributed by atoms with van der Waals surface area (Å²) in [7, 11) is 3.64. The zero-order valence-electron chi connectivity index (χ0n) is 12.4. The van der Waals surface area contributed by atoms with Crippen LogP contribution in [0.4, 0.5) is 11.8 Å². The normalized spacial score (nSPS) is 10.2. The van der Waals surface area contributed by atoms with Crippen LogP contribution in [-0.4, -0.2) is 54.5 Å². The highest BCUT2D eigenvalue weighted by Gasteiger charge is 2.15. The minimum Gasteiger partial charge on any atom is -0.357 e. The molecule has 0 spiro atoms. The van der Waals surface area contributed by atoms with Gasteiger partial charge in [-0.1, -0.05) is 0 Å². The van der Waals surface area contributed by atoms with Gasteiger partial charge in [0.1, 0.15) is 5.82 Å². The van der Waals surface area contributed by atoms with Crippen molar-refractivity contribution in [1.82, 2.24) is 14.9 Å². The number of rotatable bonds is 6. The Hall–Kier alpha value is -1.85. The van der Waals surface area contributed by atoms with Crippen molar-refractivity contribution in [3.63, 3.8) is 0 Å². The highest BCUT2D eigenvalue weighted by Crippen LogP contribution is 2.16. The summed E-state index contributed by atoms with van der Waals surface area (Å²) in [4.78, 5) is 24.3. The van der Waals surface area contributed by atoms with Crippen LogP contribution in [0.3, 0.4) is 0 Å². The highest BCUT2D eigenvalue weighted by molar-refractivity contribution is 5.81. The number of carbonyl (C=O) groups is 1. The van der Waals surface area contributed by atoms with Crippen molar-refractivity contribution in [2.45, 2.75) is 20.8 Å². The van der Waals surface area contributed by atoms with Crippen molar-refractivity contribution in [3.8, 4) is 0 Å². The second kappa shape index (κ2) is 6.92. The molecule has 0 radical (unpaired) electrons. The van der Waals surface area contributed by atoms with Gasteiger partial charge >= 0.3 is 0 Å². The SMILES string of the molecule is CCN(CC)C(=O)CN(C)c1nc(NC)ncc1C. The molecule has 1 heterocycles. The Bertz CT molecular complexity index is 431. The third-order valence-corrected chi connectivity index (χ3v) is 3.02. The summed E-state index contributed by atoms with van der Waals surface area (Å²) in [5, 5.41) is 2.90. The van der Waals surface area contributed by atoms with Crippen LogP contribution in [0.15, 0.2) is 6.20 Å². The van der Waals surface area contributed by atoms with E-state index in [2.05, 4.69) is 15.3 Å². The Morgan fingerprint density at radius 1 is 1.37 bits per heavy atom. The van der Waals surface area contributed by atoms with Gasteiger partial charge in [0, 0.05) is 38.9 Å². The molecule has 0 atom stereocenters. The van der Waals surface area contributed by atoms with E-state index in [0.717, 1.165) is 24.5 Å². The van der Waals surface area contributed by atoms with Crippen molar-refractivity contribution >= 4 is 17.7 Å². The van der Waals surface area contributed by atoms with E-state index in [1.165, 1.54) is 0 Å². The third-order valence-electron chi connectivity index (χ3n) is 3.02. The molecule has 1 N–H and O–H groups in total. The average molecular weight is 265 g/mol. The van der Waals surface area contributed by atoms with Crippen molar-refractivity contribution < 1.29 is 4.79 Å². The Morgan fingerprint density at radius 2 is 2.00 bits per heavy atom. The lowest BCUT2D eigenvalue weighted by Gasteiger charge is -2.24. The first-order chi connectivity index (χ1) is 9.03. The number of amides is 1. The first-order valence-electron chi connectivity index (χ1n) is 6.53. The third kappa shape index (κ3) is 3.81. The molecule has 0 saturated heterocycles. The number of carbonyl (C=O) groups excluding carboxylic acids is 1. The van der Waals surface area contributed by atoms with E-state index in [0.29, 0.717) is 12.5 Å². The number of likely N-dealkylation sites (N-methyl/N-ethyl adjacent to an activating group) is 2. The topological polar surface area (TPSA) is 61.4 Å². The van der Waals surface area contributed by atoms with Gasteiger partial charge in [0.2, 0.25) is 11.9 Å². The average Bonchev–Trinajstić information content (AvgIpc) is 2.40. The Labute approximate surface area is 114 Å². The Kier molecular flexibility index (Phi) is 5.54. The fraction of sp³-hybridized carbons (Fsp3) is 0.615. The van der Waals surface area contributed by atoms with Crippen LogP contribution in [0, 0.1) is 6.92 Å². The molecule has 0 fully saturated rings. The van der Waals surface area contributed by atoms with Gasteiger partial charge in [-0.05, 0) is 20.8 Å². The van der Waals surface area contributed by atoms with E-state index in [1.807, 2.05) is 37.6 Å². The molecular weight excluding hydrogens is 242 g/mol. The van der Waals surface area contributed by atoms with E-state index in [9.17, 15) is 4.79 Å². The van der Waals surface area contributed by atoms with Crippen molar-refractivity contribution in [2.24, 2.45) is 0 Å². The van der Waals surface area contributed by atoms with Crippen LogP contribution in [0.2, 0.25) is 0 Å². The lowest BCUT2D eigenvalue weighted by atomic mass is 10.3. The van der Waals surface area contributed by atoms with E-state index >= 15 is 0 Å². The second-order valence-electron chi connectivity index (χ2n) is 4.37. The summed E-state index contributed by atoms with van der Waals surface area (Å²) in [6.07, 6.45) is 1.76. The minimum absolute atomic E-state index is 0.108. The van der Waals surface area contributed by atoms with Crippen LogP contribution in [-0.2, 0) is 4.79 Å². The number of anilines is 2. The van der Waals surface area contributed by atoms with Crippen molar-refractivity contribution in [3.05, 3.63) is 11.8 Å². The summed E-state index contributed by atoms with van der Waals surface area (Å²) in [6.45, 7) is 7.68. The molecule has 0 aliphatic carbocycles. The second-order valence-corrected chi connectivity index (χ2v) is 4.37.